The Labute approximate surface area is 182 Å². The van der Waals surface area contributed by atoms with Crippen molar-refractivity contribution in [2.75, 3.05) is 0 Å². The number of halogens is 3. The van der Waals surface area contributed by atoms with E-state index in [1.165, 1.54) is 31.2 Å². The first-order valence-corrected chi connectivity index (χ1v) is 11.3. The zero-order chi connectivity index (χ0) is 23.3. The summed E-state index contributed by atoms with van der Waals surface area (Å²) in [6.07, 6.45) is -4.86. The van der Waals surface area contributed by atoms with Crippen LogP contribution in [0.4, 0.5) is 18.9 Å². The number of primary sulfonamides is 1. The normalized spacial score (nSPS) is 13.1. The van der Waals surface area contributed by atoms with E-state index in [2.05, 4.69) is 15.1 Å². The van der Waals surface area contributed by atoms with Gasteiger partial charge in [0.1, 0.15) is 0 Å². The minimum Gasteiger partial charge on any atom is -0.284 e. The molecule has 0 atom stereocenters. The van der Waals surface area contributed by atoms with Gasteiger partial charge in [-0.3, -0.25) is 14.9 Å². The summed E-state index contributed by atoms with van der Waals surface area (Å²) in [5.41, 5.74) is -2.39. The smallest absolute Gasteiger partial charge is 0.284 e. The van der Waals surface area contributed by atoms with Crippen molar-refractivity contribution in [2.24, 2.45) is 10.1 Å². The Morgan fingerprint density at radius 1 is 1.16 bits per heavy atom. The van der Waals surface area contributed by atoms with Crippen molar-refractivity contribution in [1.82, 2.24) is 14.8 Å². The van der Waals surface area contributed by atoms with E-state index in [0.29, 0.717) is 10.2 Å². The topological polar surface area (TPSA) is 123 Å². The minimum absolute atomic E-state index is 0.0539. The highest BCUT2D eigenvalue weighted by atomic mass is 32.2. The lowest BCUT2D eigenvalue weighted by Gasteiger charge is -2.06. The number of para-hydroxylation sites is 1. The van der Waals surface area contributed by atoms with Gasteiger partial charge >= 0.3 is 6.18 Å². The number of H-pyrrole nitrogens is 1. The second-order valence-electron chi connectivity index (χ2n) is 6.70. The Morgan fingerprint density at radius 2 is 1.81 bits per heavy atom. The molecule has 0 bridgehead atoms. The van der Waals surface area contributed by atoms with E-state index in [4.69, 9.17) is 5.14 Å². The van der Waals surface area contributed by atoms with Crippen molar-refractivity contribution in [3.05, 3.63) is 70.1 Å². The highest BCUT2D eigenvalue weighted by Crippen LogP contribution is 2.31. The first-order chi connectivity index (χ1) is 14.9. The maximum absolute atomic E-state index is 13.7. The number of hydrogen-bond donors (Lipinski definition) is 2. The number of aliphatic imine (C=N–C) groups is 1. The molecule has 2 aromatic carbocycles. The van der Waals surface area contributed by atoms with Crippen LogP contribution in [-0.4, -0.2) is 28.9 Å². The van der Waals surface area contributed by atoms with Crippen LogP contribution in [0.15, 0.2) is 63.2 Å². The second-order valence-corrected chi connectivity index (χ2v) is 9.27. The number of thiazole rings is 1. The third-order valence-electron chi connectivity index (χ3n) is 4.47. The van der Waals surface area contributed by atoms with Crippen LogP contribution in [-0.2, 0) is 16.2 Å². The molecular formula is C19H14F3N5O3S2. The van der Waals surface area contributed by atoms with Gasteiger partial charge in [-0.05, 0) is 43.3 Å². The largest absolute Gasteiger partial charge is 0.433 e. The Morgan fingerprint density at radius 3 is 2.41 bits per heavy atom. The van der Waals surface area contributed by atoms with Crippen molar-refractivity contribution < 1.29 is 21.6 Å². The lowest BCUT2D eigenvalue weighted by atomic mass is 10.1. The van der Waals surface area contributed by atoms with Crippen LogP contribution in [0.25, 0.3) is 15.3 Å². The van der Waals surface area contributed by atoms with Gasteiger partial charge in [0.05, 0.1) is 32.1 Å². The van der Waals surface area contributed by atoms with Gasteiger partial charge < -0.3 is 0 Å². The number of sulfonamides is 1. The average Bonchev–Trinajstić information content (AvgIpc) is 3.28. The number of alkyl halides is 3. The molecule has 0 aliphatic carbocycles. The number of nitrogens with one attached hydrogen (secondary N) is 1. The summed E-state index contributed by atoms with van der Waals surface area (Å²) in [4.78, 5) is 21.1. The minimum atomic E-state index is -4.86. The average molecular weight is 481 g/mol. The molecule has 0 spiro atoms. The van der Waals surface area contributed by atoms with Gasteiger partial charge in [0.15, 0.2) is 5.69 Å². The quantitative estimate of drug-likeness (QED) is 0.433. The molecule has 0 saturated carbocycles. The first-order valence-electron chi connectivity index (χ1n) is 8.92. The van der Waals surface area contributed by atoms with E-state index in [0.717, 1.165) is 16.0 Å². The molecule has 13 heteroatoms. The van der Waals surface area contributed by atoms with Crippen LogP contribution in [0.3, 0.4) is 0 Å². The zero-order valence-electron chi connectivity index (χ0n) is 16.2. The summed E-state index contributed by atoms with van der Waals surface area (Å²) in [7, 11) is -3.93. The molecule has 0 radical (unpaired) electrons. The number of fused-ring (bicyclic) bond motifs is 1. The number of nitrogens with zero attached hydrogens (tertiary/aromatic N) is 3. The lowest BCUT2D eigenvalue weighted by Crippen LogP contribution is -2.20. The Balaban J connectivity index is 1.84. The molecule has 8 nitrogen and oxygen atoms in total. The molecule has 0 amide bonds. The van der Waals surface area contributed by atoms with Crippen molar-refractivity contribution >= 4 is 43.0 Å². The van der Waals surface area contributed by atoms with Gasteiger partial charge in [-0.15, -0.1) is 0 Å². The molecular weight excluding hydrogens is 467 g/mol. The van der Waals surface area contributed by atoms with Gasteiger partial charge in [0.2, 0.25) is 15.2 Å². The predicted octanol–water partition coefficient (Wildman–Crippen LogP) is 3.58. The zero-order valence-corrected chi connectivity index (χ0v) is 17.8. The standard InChI is InChI=1S/C19H14F3N5O3S2/c1-10(24-11-6-8-12(9-7-11)32(23,29)30)15-16(19(20,21)22)26-27(17(15)28)18-25-13-4-2-3-5-14(13)31-18/h2-9,26H,1H3,(H2,23,29,30). The van der Waals surface area contributed by atoms with E-state index in [9.17, 15) is 26.4 Å². The van der Waals surface area contributed by atoms with Gasteiger partial charge in [-0.1, -0.05) is 23.5 Å². The summed E-state index contributed by atoms with van der Waals surface area (Å²) in [5, 5.41) is 7.20. The molecule has 2 aromatic heterocycles. The molecule has 3 N–H and O–H groups in total. The van der Waals surface area contributed by atoms with Crippen molar-refractivity contribution in [1.29, 1.82) is 0 Å². The van der Waals surface area contributed by atoms with E-state index in [1.54, 1.807) is 24.3 Å². The molecule has 32 heavy (non-hydrogen) atoms. The molecule has 0 saturated heterocycles. The highest BCUT2D eigenvalue weighted by Gasteiger charge is 2.39. The number of nitrogens with two attached hydrogens (primary N) is 1. The van der Waals surface area contributed by atoms with Crippen molar-refractivity contribution in [3.8, 4) is 5.13 Å². The number of rotatable bonds is 4. The van der Waals surface area contributed by atoms with Gasteiger partial charge in [-0.2, -0.15) is 17.9 Å². The fraction of sp³-hybridized carbons (Fsp3) is 0.105. The second kappa shape index (κ2) is 7.69. The molecule has 4 aromatic rings. The fourth-order valence-electron chi connectivity index (χ4n) is 3.03. The Bertz CT molecular complexity index is 1480. The number of hydrogen-bond acceptors (Lipinski definition) is 6. The van der Waals surface area contributed by atoms with E-state index in [-0.39, 0.29) is 21.4 Å². The van der Waals surface area contributed by atoms with Crippen LogP contribution < -0.4 is 10.7 Å². The lowest BCUT2D eigenvalue weighted by molar-refractivity contribution is -0.141. The molecule has 0 fully saturated rings. The maximum Gasteiger partial charge on any atom is 0.433 e. The van der Waals surface area contributed by atoms with E-state index >= 15 is 0 Å². The van der Waals surface area contributed by atoms with E-state index < -0.39 is 33.0 Å². The predicted molar refractivity (Wildman–Crippen MR) is 114 cm³/mol. The van der Waals surface area contributed by atoms with Crippen LogP contribution in [0.2, 0.25) is 0 Å². The number of aromatic nitrogens is 3. The molecule has 0 aliphatic rings. The summed E-state index contributed by atoms with van der Waals surface area (Å²) < 4.78 is 65.3. The third kappa shape index (κ3) is 4.09. The van der Waals surface area contributed by atoms with Crippen LogP contribution >= 0.6 is 11.3 Å². The van der Waals surface area contributed by atoms with Crippen LogP contribution in [0, 0.1) is 0 Å². The third-order valence-corrected chi connectivity index (χ3v) is 6.42. The fourth-order valence-corrected chi connectivity index (χ4v) is 4.47. The van der Waals surface area contributed by atoms with Crippen LogP contribution in [0.5, 0.6) is 0 Å². The van der Waals surface area contributed by atoms with E-state index in [1.807, 2.05) is 0 Å². The molecule has 0 unspecified atom stereocenters. The summed E-state index contributed by atoms with van der Waals surface area (Å²) in [5.74, 6) is 0. The van der Waals surface area contributed by atoms with Crippen molar-refractivity contribution in [2.45, 2.75) is 18.0 Å². The highest BCUT2D eigenvalue weighted by molar-refractivity contribution is 7.89. The number of benzene rings is 2. The monoisotopic (exact) mass is 481 g/mol. The summed E-state index contributed by atoms with van der Waals surface area (Å²) >= 11 is 1.06. The van der Waals surface area contributed by atoms with Crippen LogP contribution in [0.1, 0.15) is 18.2 Å². The van der Waals surface area contributed by atoms with Crippen molar-refractivity contribution in [3.63, 3.8) is 0 Å². The Hall–Kier alpha value is -3.29. The van der Waals surface area contributed by atoms with Gasteiger partial charge in [0, 0.05) is 0 Å². The molecule has 166 valence electrons. The summed E-state index contributed by atoms with van der Waals surface area (Å²) in [6, 6.07) is 11.8. The first kappa shape index (κ1) is 21.9. The summed E-state index contributed by atoms with van der Waals surface area (Å²) in [6.45, 7) is 1.26. The molecule has 4 rings (SSSR count). The molecule has 0 aliphatic heterocycles. The maximum atomic E-state index is 13.7. The van der Waals surface area contributed by atoms with Gasteiger partial charge in [0.25, 0.3) is 5.56 Å². The molecule has 2 heterocycles. The Kier molecular flexibility index (Phi) is 5.27. The number of aromatic amines is 1. The van der Waals surface area contributed by atoms with Gasteiger partial charge in [-0.25, -0.2) is 18.5 Å². The SMILES string of the molecule is CC(=Nc1ccc(S(N)(=O)=O)cc1)c1c(C(F)(F)F)[nH]n(-c2nc3ccccc3s2)c1=O.